The number of rotatable bonds is 5. The van der Waals surface area contributed by atoms with Gasteiger partial charge in [-0.2, -0.15) is 0 Å². The van der Waals surface area contributed by atoms with E-state index >= 15 is 0 Å². The van der Waals surface area contributed by atoms with Crippen LogP contribution in [-0.4, -0.2) is 120 Å². The highest BCUT2D eigenvalue weighted by Crippen LogP contribution is 2.75. The highest BCUT2D eigenvalue weighted by Gasteiger charge is 2.72. The van der Waals surface area contributed by atoms with Gasteiger partial charge in [0.1, 0.15) is 18.3 Å². The van der Waals surface area contributed by atoms with Gasteiger partial charge in [-0.05, 0) is 84.4 Å². The molecule has 274 valence electrons. The Morgan fingerprint density at radius 3 is 2.12 bits per heavy atom. The second-order valence-corrected chi connectivity index (χ2v) is 18.0. The number of fused-ring (bicyclic) bond motifs is 7. The Kier molecular flexibility index (Phi) is 8.89. The zero-order valence-electron chi connectivity index (χ0n) is 29.1. The van der Waals surface area contributed by atoms with Crippen LogP contribution in [0.5, 0.6) is 0 Å². The number of ether oxygens (including phenoxy) is 2. The summed E-state index contributed by atoms with van der Waals surface area (Å²) in [6.07, 6.45) is -6.04. The average Bonchev–Trinajstić information content (AvgIpc) is 3.01. The molecule has 5 fully saturated rings. The Bertz CT molecular complexity index is 1310. The monoisotopic (exact) mass is 682 g/mol. The molecule has 1 aliphatic heterocycles. The summed E-state index contributed by atoms with van der Waals surface area (Å²) in [5.41, 5.74) is -2.56. The number of carboxylic acids is 1. The van der Waals surface area contributed by atoms with Gasteiger partial charge >= 0.3 is 5.97 Å². The van der Waals surface area contributed by atoms with Crippen molar-refractivity contribution in [3.8, 4) is 0 Å². The lowest BCUT2D eigenvalue weighted by atomic mass is 9.33. The summed E-state index contributed by atoms with van der Waals surface area (Å²) in [7, 11) is 0. The minimum atomic E-state index is -1.83. The minimum absolute atomic E-state index is 0.0347. The van der Waals surface area contributed by atoms with Crippen molar-refractivity contribution in [3.05, 3.63) is 11.6 Å². The van der Waals surface area contributed by atoms with Crippen LogP contribution in [0, 0.1) is 50.2 Å². The minimum Gasteiger partial charge on any atom is -0.479 e. The summed E-state index contributed by atoms with van der Waals surface area (Å²) >= 11 is 0. The van der Waals surface area contributed by atoms with E-state index in [1.807, 2.05) is 20.8 Å². The van der Waals surface area contributed by atoms with Crippen molar-refractivity contribution < 1.29 is 60.2 Å². The topological polar surface area (TPSA) is 218 Å². The first-order chi connectivity index (χ1) is 22.2. The summed E-state index contributed by atoms with van der Waals surface area (Å²) in [6, 6.07) is 0. The fraction of sp³-hybridized carbons (Fsp3) is 0.917. The molecule has 0 radical (unpaired) electrons. The quantitative estimate of drug-likeness (QED) is 0.146. The first kappa shape index (κ1) is 36.6. The normalized spacial score (nSPS) is 56.2. The van der Waals surface area contributed by atoms with Gasteiger partial charge in [-0.25, -0.2) is 4.79 Å². The van der Waals surface area contributed by atoms with Crippen LogP contribution in [0.15, 0.2) is 11.6 Å². The molecule has 1 saturated heterocycles. The lowest BCUT2D eigenvalue weighted by Gasteiger charge is -2.72. The van der Waals surface area contributed by atoms with E-state index in [-0.39, 0.29) is 35.2 Å². The molecule has 0 aromatic carbocycles. The number of aliphatic hydroxyl groups is 8. The zero-order valence-corrected chi connectivity index (χ0v) is 29.1. The number of carbonyl (C=O) groups is 1. The largest absolute Gasteiger partial charge is 0.479 e. The molecule has 5 aliphatic carbocycles. The van der Waals surface area contributed by atoms with Gasteiger partial charge in [-0.15, -0.1) is 0 Å². The maximum absolute atomic E-state index is 11.9. The molecule has 12 nitrogen and oxygen atoms in total. The van der Waals surface area contributed by atoms with E-state index < -0.39 is 89.4 Å². The molecular formula is C36H58O12. The van der Waals surface area contributed by atoms with Gasteiger partial charge in [0.05, 0.1) is 43.0 Å². The standard InChI is InChI=1S/C36H58O12/c1-31(2)13-18-17-7-8-20-32(3)11-10-22(47-30-25(42)23(40)24(41)26(48-30)29(45)46)33(4,15-37)19(32)9-12-34(20,5)35(17,6)14-21(39)36(18,16-38)28(44)27(31)43/h7,18-28,30,37-44H,8-16H2,1-6H3,(H,45,46). The van der Waals surface area contributed by atoms with Crippen LogP contribution in [0.1, 0.15) is 86.5 Å². The molecule has 0 bridgehead atoms. The van der Waals surface area contributed by atoms with Crippen molar-refractivity contribution in [2.24, 2.45) is 50.2 Å². The summed E-state index contributed by atoms with van der Waals surface area (Å²) in [4.78, 5) is 11.7. The molecule has 6 aliphatic rings. The molecule has 4 saturated carbocycles. The van der Waals surface area contributed by atoms with Gasteiger partial charge in [0.2, 0.25) is 0 Å². The predicted molar refractivity (Wildman–Crippen MR) is 171 cm³/mol. The summed E-state index contributed by atoms with van der Waals surface area (Å²) in [6.45, 7) is 12.0. The molecule has 6 rings (SSSR count). The molecule has 17 atom stereocenters. The van der Waals surface area contributed by atoms with E-state index in [1.54, 1.807) is 0 Å². The number of allylic oxidation sites excluding steroid dienone is 2. The molecule has 48 heavy (non-hydrogen) atoms. The highest BCUT2D eigenvalue weighted by atomic mass is 16.7. The van der Waals surface area contributed by atoms with E-state index in [0.717, 1.165) is 24.8 Å². The van der Waals surface area contributed by atoms with Crippen LogP contribution in [0.25, 0.3) is 0 Å². The Morgan fingerprint density at radius 1 is 0.854 bits per heavy atom. The van der Waals surface area contributed by atoms with Crippen LogP contribution in [0.3, 0.4) is 0 Å². The van der Waals surface area contributed by atoms with Crippen LogP contribution in [0.2, 0.25) is 0 Å². The number of aliphatic carboxylic acids is 1. The van der Waals surface area contributed by atoms with E-state index in [0.29, 0.717) is 25.7 Å². The first-order valence-corrected chi connectivity index (χ1v) is 17.8. The smallest absolute Gasteiger partial charge is 0.335 e. The Hall–Kier alpha value is -1.19. The fourth-order valence-electron chi connectivity index (χ4n) is 12.5. The van der Waals surface area contributed by atoms with E-state index in [4.69, 9.17) is 9.47 Å². The number of hydrogen-bond acceptors (Lipinski definition) is 11. The lowest BCUT2D eigenvalue weighted by Crippen LogP contribution is -2.71. The number of aliphatic hydroxyl groups excluding tert-OH is 8. The maximum Gasteiger partial charge on any atom is 0.335 e. The maximum atomic E-state index is 11.9. The van der Waals surface area contributed by atoms with Crippen molar-refractivity contribution in [2.75, 3.05) is 13.2 Å². The van der Waals surface area contributed by atoms with Crippen molar-refractivity contribution in [1.29, 1.82) is 0 Å². The Morgan fingerprint density at radius 2 is 1.52 bits per heavy atom. The molecule has 17 unspecified atom stereocenters. The number of carboxylic acid groups (broad SMARTS) is 1. The lowest BCUT2D eigenvalue weighted by molar-refractivity contribution is -0.328. The predicted octanol–water partition coefficient (Wildman–Crippen LogP) is 0.943. The molecule has 1 heterocycles. The van der Waals surface area contributed by atoms with Gasteiger partial charge in [0.25, 0.3) is 0 Å². The molecule has 0 aromatic rings. The zero-order chi connectivity index (χ0) is 35.6. The summed E-state index contributed by atoms with van der Waals surface area (Å²) < 4.78 is 11.7. The van der Waals surface area contributed by atoms with Crippen LogP contribution < -0.4 is 0 Å². The van der Waals surface area contributed by atoms with Crippen LogP contribution >= 0.6 is 0 Å². The second-order valence-electron chi connectivity index (χ2n) is 18.0. The van der Waals surface area contributed by atoms with E-state index in [2.05, 4.69) is 26.8 Å². The van der Waals surface area contributed by atoms with Gasteiger partial charge in [0.15, 0.2) is 12.4 Å². The van der Waals surface area contributed by atoms with Gasteiger partial charge < -0.3 is 55.4 Å². The molecule has 0 aromatic heterocycles. The summed E-state index contributed by atoms with van der Waals surface area (Å²) in [5.74, 6) is -1.69. The summed E-state index contributed by atoms with van der Waals surface area (Å²) in [5, 5.41) is 97.2. The molecular weight excluding hydrogens is 624 g/mol. The number of hydrogen-bond donors (Lipinski definition) is 9. The highest BCUT2D eigenvalue weighted by molar-refractivity contribution is 5.73. The van der Waals surface area contributed by atoms with Crippen molar-refractivity contribution >= 4 is 5.97 Å². The SMILES string of the molecule is CC1(C)CC2C3=CCC4C5(C)CCC(OC6OC(C(=O)O)C(O)C(O)C6O)C(C)(CO)C5CCC4(C)C3(C)CC(O)C2(CO)C(O)C1O. The third-order valence-electron chi connectivity index (χ3n) is 15.6. The third-order valence-corrected chi connectivity index (χ3v) is 15.6. The van der Waals surface area contributed by atoms with Gasteiger partial charge in [-0.1, -0.05) is 53.2 Å². The Labute approximate surface area is 282 Å². The van der Waals surface area contributed by atoms with Crippen molar-refractivity contribution in [3.63, 3.8) is 0 Å². The van der Waals surface area contributed by atoms with E-state index in [1.165, 1.54) is 0 Å². The van der Waals surface area contributed by atoms with Crippen LogP contribution in [-0.2, 0) is 14.3 Å². The van der Waals surface area contributed by atoms with Crippen LogP contribution in [0.4, 0.5) is 0 Å². The fourth-order valence-corrected chi connectivity index (χ4v) is 12.5. The molecule has 0 spiro atoms. The first-order valence-electron chi connectivity index (χ1n) is 17.8. The van der Waals surface area contributed by atoms with Gasteiger partial charge in [-0.3, -0.25) is 0 Å². The van der Waals surface area contributed by atoms with Crippen molar-refractivity contribution in [2.45, 2.75) is 142 Å². The average molecular weight is 683 g/mol. The molecule has 0 amide bonds. The van der Waals surface area contributed by atoms with E-state index in [9.17, 15) is 50.8 Å². The van der Waals surface area contributed by atoms with Crippen molar-refractivity contribution in [1.82, 2.24) is 0 Å². The Balaban J connectivity index is 1.33. The van der Waals surface area contributed by atoms with Gasteiger partial charge in [0, 0.05) is 5.41 Å². The molecule has 9 N–H and O–H groups in total. The third kappa shape index (κ3) is 4.60. The second kappa shape index (κ2) is 11.7. The molecule has 12 heteroatoms.